The van der Waals surface area contributed by atoms with Crippen LogP contribution >= 0.6 is 0 Å². The van der Waals surface area contributed by atoms with Crippen molar-refractivity contribution in [3.05, 3.63) is 60.4 Å². The summed E-state index contributed by atoms with van der Waals surface area (Å²) in [6.07, 6.45) is 3.45. The Morgan fingerprint density at radius 3 is 2.26 bits per heavy atom. The Balaban J connectivity index is 2.10. The SMILES string of the molecule is CC(C)(C)C1(C)NC(c2ccncc2)C(=O)N1c1ccccc1. The predicted octanol–water partition coefficient (Wildman–Crippen LogP) is 3.52. The van der Waals surface area contributed by atoms with Crippen molar-refractivity contribution in [2.45, 2.75) is 39.4 Å². The smallest absolute Gasteiger partial charge is 0.250 e. The van der Waals surface area contributed by atoms with Crippen LogP contribution in [0.5, 0.6) is 0 Å². The summed E-state index contributed by atoms with van der Waals surface area (Å²) in [7, 11) is 0. The fourth-order valence-corrected chi connectivity index (χ4v) is 3.05. The topological polar surface area (TPSA) is 45.2 Å². The number of hydrogen-bond acceptors (Lipinski definition) is 3. The molecule has 0 aliphatic carbocycles. The highest BCUT2D eigenvalue weighted by molar-refractivity contribution is 6.01. The monoisotopic (exact) mass is 309 g/mol. The molecule has 1 saturated heterocycles. The summed E-state index contributed by atoms with van der Waals surface area (Å²) in [4.78, 5) is 19.2. The van der Waals surface area contributed by atoms with Crippen LogP contribution < -0.4 is 10.2 Å². The second-order valence-corrected chi connectivity index (χ2v) is 7.19. The lowest BCUT2D eigenvalue weighted by Crippen LogP contribution is -2.59. The van der Waals surface area contributed by atoms with Crippen molar-refractivity contribution in [1.82, 2.24) is 10.3 Å². The van der Waals surface area contributed by atoms with Crippen LogP contribution in [0.15, 0.2) is 54.9 Å². The summed E-state index contributed by atoms with van der Waals surface area (Å²) in [6.45, 7) is 8.55. The zero-order chi connectivity index (χ0) is 16.7. The Kier molecular flexibility index (Phi) is 3.72. The summed E-state index contributed by atoms with van der Waals surface area (Å²) >= 11 is 0. The van der Waals surface area contributed by atoms with Crippen molar-refractivity contribution in [1.29, 1.82) is 0 Å². The molecule has 4 nitrogen and oxygen atoms in total. The van der Waals surface area contributed by atoms with Gasteiger partial charge in [0.1, 0.15) is 11.7 Å². The van der Waals surface area contributed by atoms with Crippen molar-refractivity contribution in [2.24, 2.45) is 5.41 Å². The van der Waals surface area contributed by atoms with E-state index < -0.39 is 5.66 Å². The normalized spacial score (nSPS) is 25.0. The van der Waals surface area contributed by atoms with Crippen molar-refractivity contribution in [3.8, 4) is 0 Å². The summed E-state index contributed by atoms with van der Waals surface area (Å²) in [6, 6.07) is 13.3. The molecule has 120 valence electrons. The van der Waals surface area contributed by atoms with Gasteiger partial charge in [-0.3, -0.25) is 20.0 Å². The highest BCUT2D eigenvalue weighted by Gasteiger charge is 2.54. The molecule has 0 saturated carbocycles. The lowest BCUT2D eigenvalue weighted by Gasteiger charge is -2.45. The van der Waals surface area contributed by atoms with Gasteiger partial charge in [0.25, 0.3) is 0 Å². The Bertz CT molecular complexity index is 694. The first-order valence-electron chi connectivity index (χ1n) is 7.91. The van der Waals surface area contributed by atoms with Crippen molar-refractivity contribution in [3.63, 3.8) is 0 Å². The van der Waals surface area contributed by atoms with Crippen LogP contribution in [0.1, 0.15) is 39.3 Å². The van der Waals surface area contributed by atoms with E-state index in [1.165, 1.54) is 0 Å². The number of amides is 1. The van der Waals surface area contributed by atoms with E-state index in [1.54, 1.807) is 12.4 Å². The standard InChI is InChI=1S/C19H23N3O/c1-18(2,3)19(4)21-16(14-10-12-20-13-11-14)17(23)22(19)15-8-6-5-7-9-15/h5-13,16,21H,1-4H3. The molecule has 2 atom stereocenters. The number of carbonyl (C=O) groups excluding carboxylic acids is 1. The molecule has 0 bridgehead atoms. The van der Waals surface area contributed by atoms with E-state index in [1.807, 2.05) is 47.4 Å². The second kappa shape index (κ2) is 5.46. The number of para-hydroxylation sites is 1. The van der Waals surface area contributed by atoms with E-state index in [2.05, 4.69) is 38.0 Å². The van der Waals surface area contributed by atoms with E-state index >= 15 is 0 Å². The first-order chi connectivity index (χ1) is 10.8. The average Bonchev–Trinajstić information content (AvgIpc) is 2.81. The van der Waals surface area contributed by atoms with E-state index in [0.717, 1.165) is 11.3 Å². The Labute approximate surface area is 137 Å². The molecule has 2 heterocycles. The molecular formula is C19H23N3O. The number of nitrogens with one attached hydrogen (secondary N) is 1. The predicted molar refractivity (Wildman–Crippen MR) is 91.9 cm³/mol. The molecule has 1 amide bonds. The molecular weight excluding hydrogens is 286 g/mol. The summed E-state index contributed by atoms with van der Waals surface area (Å²) < 4.78 is 0. The molecule has 1 N–H and O–H groups in total. The molecule has 0 radical (unpaired) electrons. The third-order valence-corrected chi connectivity index (χ3v) is 4.85. The van der Waals surface area contributed by atoms with Crippen LogP contribution in [0.4, 0.5) is 5.69 Å². The lowest BCUT2D eigenvalue weighted by molar-refractivity contribution is -0.118. The number of hydrogen-bond donors (Lipinski definition) is 1. The Morgan fingerprint density at radius 2 is 1.70 bits per heavy atom. The maximum absolute atomic E-state index is 13.2. The second-order valence-electron chi connectivity index (χ2n) is 7.19. The van der Waals surface area contributed by atoms with Crippen LogP contribution in [0.3, 0.4) is 0 Å². The minimum atomic E-state index is -0.487. The molecule has 2 unspecified atom stereocenters. The van der Waals surface area contributed by atoms with E-state index in [9.17, 15) is 4.79 Å². The third-order valence-electron chi connectivity index (χ3n) is 4.85. The maximum Gasteiger partial charge on any atom is 0.250 e. The fraction of sp³-hybridized carbons (Fsp3) is 0.368. The van der Waals surface area contributed by atoms with Gasteiger partial charge in [-0.25, -0.2) is 0 Å². The first kappa shape index (κ1) is 15.7. The minimum absolute atomic E-state index is 0.0693. The number of aromatic nitrogens is 1. The van der Waals surface area contributed by atoms with Crippen molar-refractivity contribution in [2.75, 3.05) is 4.90 Å². The number of carbonyl (C=O) groups is 1. The van der Waals surface area contributed by atoms with Gasteiger partial charge in [-0.15, -0.1) is 0 Å². The van der Waals surface area contributed by atoms with Gasteiger partial charge in [0.15, 0.2) is 0 Å². The quantitative estimate of drug-likeness (QED) is 0.923. The molecule has 3 rings (SSSR count). The third kappa shape index (κ3) is 2.53. The van der Waals surface area contributed by atoms with Gasteiger partial charge in [-0.1, -0.05) is 39.0 Å². The maximum atomic E-state index is 13.2. The zero-order valence-electron chi connectivity index (χ0n) is 14.1. The fourth-order valence-electron chi connectivity index (χ4n) is 3.05. The molecule has 4 heteroatoms. The average molecular weight is 309 g/mol. The highest BCUT2D eigenvalue weighted by Crippen LogP contribution is 2.43. The van der Waals surface area contributed by atoms with E-state index in [4.69, 9.17) is 0 Å². The molecule has 1 aromatic carbocycles. The number of nitrogens with zero attached hydrogens (tertiary/aromatic N) is 2. The van der Waals surface area contributed by atoms with Crippen LogP contribution in [0.2, 0.25) is 0 Å². The highest BCUT2D eigenvalue weighted by atomic mass is 16.2. The molecule has 0 spiro atoms. The van der Waals surface area contributed by atoms with Crippen molar-refractivity contribution >= 4 is 11.6 Å². The van der Waals surface area contributed by atoms with Crippen LogP contribution in [-0.4, -0.2) is 16.6 Å². The van der Waals surface area contributed by atoms with Gasteiger partial charge in [0.05, 0.1) is 0 Å². The van der Waals surface area contributed by atoms with Crippen LogP contribution in [0.25, 0.3) is 0 Å². The van der Waals surface area contributed by atoms with Gasteiger partial charge in [0, 0.05) is 18.1 Å². The van der Waals surface area contributed by atoms with Gasteiger partial charge in [0.2, 0.25) is 5.91 Å². The number of pyridine rings is 1. The minimum Gasteiger partial charge on any atom is -0.292 e. The Hall–Kier alpha value is -2.20. The molecule has 1 aromatic heterocycles. The lowest BCUT2D eigenvalue weighted by atomic mass is 9.81. The van der Waals surface area contributed by atoms with E-state index in [0.29, 0.717) is 0 Å². The van der Waals surface area contributed by atoms with E-state index in [-0.39, 0.29) is 17.4 Å². The van der Waals surface area contributed by atoms with Gasteiger partial charge in [-0.2, -0.15) is 0 Å². The number of anilines is 1. The largest absolute Gasteiger partial charge is 0.292 e. The van der Waals surface area contributed by atoms with Gasteiger partial charge in [-0.05, 0) is 42.2 Å². The molecule has 1 aliphatic rings. The summed E-state index contributed by atoms with van der Waals surface area (Å²) in [5, 5.41) is 3.57. The molecule has 23 heavy (non-hydrogen) atoms. The number of rotatable bonds is 2. The number of benzene rings is 1. The molecule has 2 aromatic rings. The molecule has 1 fully saturated rings. The van der Waals surface area contributed by atoms with Crippen LogP contribution in [-0.2, 0) is 4.79 Å². The van der Waals surface area contributed by atoms with Crippen molar-refractivity contribution < 1.29 is 4.79 Å². The van der Waals surface area contributed by atoms with Gasteiger partial charge < -0.3 is 0 Å². The summed E-state index contributed by atoms with van der Waals surface area (Å²) in [5.74, 6) is 0.0693. The first-order valence-corrected chi connectivity index (χ1v) is 7.91. The van der Waals surface area contributed by atoms with Gasteiger partial charge >= 0.3 is 0 Å². The van der Waals surface area contributed by atoms with Crippen LogP contribution in [0, 0.1) is 5.41 Å². The zero-order valence-corrected chi connectivity index (χ0v) is 14.1. The Morgan fingerprint density at radius 1 is 1.09 bits per heavy atom. The summed E-state index contributed by atoms with van der Waals surface area (Å²) in [5.41, 5.74) is 1.23. The molecule has 1 aliphatic heterocycles.